The van der Waals surface area contributed by atoms with Crippen LogP contribution in [0.4, 0.5) is 0 Å². The van der Waals surface area contributed by atoms with Gasteiger partial charge >= 0.3 is 0 Å². The van der Waals surface area contributed by atoms with Gasteiger partial charge < -0.3 is 9.47 Å². The van der Waals surface area contributed by atoms with Crippen LogP contribution < -0.4 is 9.47 Å². The van der Waals surface area contributed by atoms with Crippen LogP contribution in [0.15, 0.2) is 71.6 Å². The Hall–Kier alpha value is -3.09. The van der Waals surface area contributed by atoms with Crippen molar-refractivity contribution in [3.05, 3.63) is 83.4 Å². The number of methoxy groups -OCH3 is 1. The van der Waals surface area contributed by atoms with Gasteiger partial charge in [0, 0.05) is 31.5 Å². The molecule has 0 saturated carbocycles. The topological polar surface area (TPSA) is 55.8 Å². The summed E-state index contributed by atoms with van der Waals surface area (Å²) in [5.41, 5.74) is 4.80. The van der Waals surface area contributed by atoms with E-state index in [4.69, 9.17) is 9.47 Å². The highest BCUT2D eigenvalue weighted by Crippen LogP contribution is 2.40. The Morgan fingerprint density at radius 3 is 2.32 bits per heavy atom. The molecule has 176 valence electrons. The van der Waals surface area contributed by atoms with Crippen LogP contribution in [0.5, 0.6) is 11.5 Å². The molecule has 0 aromatic heterocycles. The van der Waals surface area contributed by atoms with E-state index in [0.717, 1.165) is 28.0 Å². The summed E-state index contributed by atoms with van der Waals surface area (Å²) in [7, 11) is -2.16. The van der Waals surface area contributed by atoms with E-state index in [1.807, 2.05) is 38.1 Å². The predicted molar refractivity (Wildman–Crippen MR) is 135 cm³/mol. The van der Waals surface area contributed by atoms with Crippen LogP contribution in [0, 0.1) is 13.8 Å². The van der Waals surface area contributed by atoms with Crippen LogP contribution in [0.25, 0.3) is 17.2 Å². The summed E-state index contributed by atoms with van der Waals surface area (Å²) in [4.78, 5) is 0.230. The fraction of sp³-hybridized carbons (Fsp3) is 0.286. The van der Waals surface area contributed by atoms with Gasteiger partial charge in [-0.15, -0.1) is 0 Å². The van der Waals surface area contributed by atoms with Crippen molar-refractivity contribution in [3.63, 3.8) is 0 Å². The lowest BCUT2D eigenvalue weighted by Gasteiger charge is -2.41. The number of fused-ring (bicyclic) bond motifs is 1. The largest absolute Gasteiger partial charge is 0.495 e. The first kappa shape index (κ1) is 22.7. The molecule has 0 N–H and O–H groups in total. The van der Waals surface area contributed by atoms with Crippen molar-refractivity contribution >= 4 is 16.1 Å². The summed E-state index contributed by atoms with van der Waals surface area (Å²) < 4.78 is 40.3. The Morgan fingerprint density at radius 1 is 0.912 bits per heavy atom. The van der Waals surface area contributed by atoms with Gasteiger partial charge in [0.2, 0.25) is 10.0 Å². The molecule has 2 aliphatic heterocycles. The zero-order chi connectivity index (χ0) is 23.9. The number of ether oxygens (including phenoxy) is 2. The number of aryl methyl sites for hydroxylation is 2. The third kappa shape index (κ3) is 4.01. The minimum atomic E-state index is -3.67. The summed E-state index contributed by atoms with van der Waals surface area (Å²) in [5.74, 6) is 1.23. The molecule has 5 rings (SSSR count). The second-order valence-electron chi connectivity index (χ2n) is 9.11. The van der Waals surface area contributed by atoms with Gasteiger partial charge in [-0.1, -0.05) is 42.5 Å². The molecule has 0 amide bonds. The fourth-order valence-electron chi connectivity index (χ4n) is 4.71. The van der Waals surface area contributed by atoms with Crippen molar-refractivity contribution in [2.45, 2.75) is 37.2 Å². The van der Waals surface area contributed by atoms with E-state index in [-0.39, 0.29) is 4.90 Å². The smallest absolute Gasteiger partial charge is 0.246 e. The molecule has 1 fully saturated rings. The van der Waals surface area contributed by atoms with Crippen LogP contribution in [-0.2, 0) is 10.0 Å². The monoisotopic (exact) mass is 475 g/mol. The van der Waals surface area contributed by atoms with E-state index >= 15 is 0 Å². The van der Waals surface area contributed by atoms with Gasteiger partial charge in [-0.3, -0.25) is 0 Å². The Morgan fingerprint density at radius 2 is 1.62 bits per heavy atom. The van der Waals surface area contributed by atoms with E-state index in [2.05, 4.69) is 36.4 Å². The molecule has 0 aliphatic carbocycles. The van der Waals surface area contributed by atoms with Gasteiger partial charge in [0.15, 0.2) is 0 Å². The molecule has 0 unspecified atom stereocenters. The SMILES string of the molecule is COc1cc(C)c(C)cc1S(=O)(=O)N1CCC2(C=Cc3cc(-c4ccccc4)ccc3O2)CC1. The Labute approximate surface area is 201 Å². The standard InChI is InChI=1S/C28H29NO4S/c1-20-17-26(32-3)27(18-21(20)2)34(30,31)29-15-13-28(14-16-29)12-11-24-19-23(9-10-25(24)33-28)22-7-5-4-6-8-22/h4-12,17-19H,13-16H2,1-3H3. The van der Waals surface area contributed by atoms with Gasteiger partial charge in [-0.2, -0.15) is 4.31 Å². The lowest BCUT2D eigenvalue weighted by atomic mass is 9.88. The fourth-order valence-corrected chi connectivity index (χ4v) is 6.38. The molecule has 0 atom stereocenters. The van der Waals surface area contributed by atoms with Crippen LogP contribution in [0.2, 0.25) is 0 Å². The second kappa shape index (κ2) is 8.60. The number of sulfonamides is 1. The molecular weight excluding hydrogens is 446 g/mol. The average Bonchev–Trinajstić information content (AvgIpc) is 2.86. The van der Waals surface area contributed by atoms with Crippen molar-refractivity contribution in [1.82, 2.24) is 4.31 Å². The van der Waals surface area contributed by atoms with E-state index < -0.39 is 15.6 Å². The van der Waals surface area contributed by atoms with Crippen molar-refractivity contribution < 1.29 is 17.9 Å². The average molecular weight is 476 g/mol. The molecule has 1 saturated heterocycles. The number of rotatable bonds is 4. The summed E-state index contributed by atoms with van der Waals surface area (Å²) in [6, 6.07) is 20.0. The van der Waals surface area contributed by atoms with Gasteiger partial charge in [0.05, 0.1) is 7.11 Å². The van der Waals surface area contributed by atoms with Crippen molar-refractivity contribution in [2.75, 3.05) is 20.2 Å². The summed E-state index contributed by atoms with van der Waals surface area (Å²) >= 11 is 0. The van der Waals surface area contributed by atoms with E-state index in [9.17, 15) is 8.42 Å². The van der Waals surface area contributed by atoms with Crippen molar-refractivity contribution in [3.8, 4) is 22.6 Å². The maximum atomic E-state index is 13.5. The first-order chi connectivity index (χ1) is 16.3. The van der Waals surface area contributed by atoms with Crippen molar-refractivity contribution in [2.24, 2.45) is 0 Å². The van der Waals surface area contributed by atoms with Crippen LogP contribution in [-0.4, -0.2) is 38.5 Å². The van der Waals surface area contributed by atoms with Crippen LogP contribution in [0.3, 0.4) is 0 Å². The molecular formula is C28H29NO4S. The molecule has 2 aliphatic rings. The molecule has 1 spiro atoms. The molecule has 3 aromatic carbocycles. The van der Waals surface area contributed by atoms with E-state index in [0.29, 0.717) is 31.7 Å². The Kier molecular flexibility index (Phi) is 5.74. The number of hydrogen-bond donors (Lipinski definition) is 0. The lowest BCUT2D eigenvalue weighted by Crippen LogP contribution is -2.49. The number of benzene rings is 3. The highest BCUT2D eigenvalue weighted by Gasteiger charge is 2.41. The minimum absolute atomic E-state index is 0.230. The molecule has 3 aromatic rings. The normalized spacial score (nSPS) is 17.3. The van der Waals surface area contributed by atoms with Crippen molar-refractivity contribution in [1.29, 1.82) is 0 Å². The van der Waals surface area contributed by atoms with E-state index in [1.165, 1.54) is 12.7 Å². The highest BCUT2D eigenvalue weighted by molar-refractivity contribution is 7.89. The zero-order valence-electron chi connectivity index (χ0n) is 19.7. The maximum absolute atomic E-state index is 13.5. The molecule has 34 heavy (non-hydrogen) atoms. The van der Waals surface area contributed by atoms with Gasteiger partial charge in [0.25, 0.3) is 0 Å². The van der Waals surface area contributed by atoms with Gasteiger partial charge in [0.1, 0.15) is 22.0 Å². The second-order valence-corrected chi connectivity index (χ2v) is 11.0. The number of nitrogens with zero attached hydrogens (tertiary/aromatic N) is 1. The summed E-state index contributed by atoms with van der Waals surface area (Å²) in [6.07, 6.45) is 5.40. The number of hydrogen-bond acceptors (Lipinski definition) is 4. The maximum Gasteiger partial charge on any atom is 0.246 e. The summed E-state index contributed by atoms with van der Waals surface area (Å²) in [6.45, 7) is 4.65. The highest BCUT2D eigenvalue weighted by atomic mass is 32.2. The molecule has 0 radical (unpaired) electrons. The summed E-state index contributed by atoms with van der Waals surface area (Å²) in [5, 5.41) is 0. The Bertz CT molecular complexity index is 1350. The Balaban J connectivity index is 1.34. The molecule has 0 bridgehead atoms. The molecule has 5 nitrogen and oxygen atoms in total. The van der Waals surface area contributed by atoms with Crippen LogP contribution in [0.1, 0.15) is 29.5 Å². The molecule has 2 heterocycles. The lowest BCUT2D eigenvalue weighted by molar-refractivity contribution is 0.0620. The minimum Gasteiger partial charge on any atom is -0.495 e. The first-order valence-electron chi connectivity index (χ1n) is 11.5. The third-order valence-corrected chi connectivity index (χ3v) is 8.88. The quantitative estimate of drug-likeness (QED) is 0.492. The predicted octanol–water partition coefficient (Wildman–Crippen LogP) is 5.61. The zero-order valence-corrected chi connectivity index (χ0v) is 20.6. The van der Waals surface area contributed by atoms with Gasteiger partial charge in [-0.25, -0.2) is 8.42 Å². The first-order valence-corrected chi connectivity index (χ1v) is 13.0. The van der Waals surface area contributed by atoms with Crippen LogP contribution >= 0.6 is 0 Å². The number of piperidine rings is 1. The van der Waals surface area contributed by atoms with E-state index in [1.54, 1.807) is 16.4 Å². The van der Waals surface area contributed by atoms with Gasteiger partial charge in [-0.05, 0) is 66.4 Å². The third-order valence-electron chi connectivity index (χ3n) is 6.96. The molecule has 6 heteroatoms.